The lowest BCUT2D eigenvalue weighted by molar-refractivity contribution is -0.136. The van der Waals surface area contributed by atoms with Crippen molar-refractivity contribution in [3.05, 3.63) is 24.0 Å². The summed E-state index contributed by atoms with van der Waals surface area (Å²) in [5, 5.41) is 8.27. The number of aromatic amines is 1. The number of rotatable bonds is 2. The molecule has 0 aliphatic carbocycles. The Kier molecular flexibility index (Phi) is 3.57. The zero-order chi connectivity index (χ0) is 6.69. The molecule has 0 saturated carbocycles. The van der Waals surface area contributed by atoms with Crippen LogP contribution in [0.5, 0.6) is 0 Å². The molecule has 4 heteroatoms. The van der Waals surface area contributed by atoms with E-state index in [1.807, 2.05) is 0 Å². The van der Waals surface area contributed by atoms with E-state index < -0.39 is 5.97 Å². The zero-order valence-electron chi connectivity index (χ0n) is 5.20. The SMILES string of the molecule is Cl.O=C(O)Cc1ccc[nH]1. The molecule has 0 amide bonds. The molecular formula is C6H8ClNO2. The number of halogens is 1. The third kappa shape index (κ3) is 2.55. The maximum atomic E-state index is 10.0. The highest BCUT2D eigenvalue weighted by atomic mass is 35.5. The third-order valence-electron chi connectivity index (χ3n) is 1.00. The molecule has 0 radical (unpaired) electrons. The molecule has 0 aliphatic heterocycles. The summed E-state index contributed by atoms with van der Waals surface area (Å²) in [6.07, 6.45) is 1.78. The number of carboxylic acids is 1. The van der Waals surface area contributed by atoms with E-state index in [2.05, 4.69) is 4.98 Å². The Balaban J connectivity index is 0.000000810. The number of hydrogen-bond donors (Lipinski definition) is 2. The summed E-state index contributed by atoms with van der Waals surface area (Å²) in [5.74, 6) is -0.808. The predicted octanol–water partition coefficient (Wildman–Crippen LogP) is 1.06. The molecule has 56 valence electrons. The highest BCUT2D eigenvalue weighted by Gasteiger charge is 1.97. The first kappa shape index (κ1) is 9.04. The molecule has 0 fully saturated rings. The molecule has 0 spiro atoms. The van der Waals surface area contributed by atoms with Crippen molar-refractivity contribution in [2.45, 2.75) is 6.42 Å². The molecule has 0 saturated heterocycles. The minimum absolute atomic E-state index is 0. The Morgan fingerprint density at radius 2 is 2.40 bits per heavy atom. The normalized spacial score (nSPS) is 8.40. The van der Waals surface area contributed by atoms with Gasteiger partial charge in [-0.05, 0) is 12.1 Å². The van der Waals surface area contributed by atoms with Crippen molar-refractivity contribution in [2.75, 3.05) is 0 Å². The molecule has 0 aliphatic rings. The van der Waals surface area contributed by atoms with E-state index in [-0.39, 0.29) is 18.8 Å². The lowest BCUT2D eigenvalue weighted by atomic mass is 10.3. The van der Waals surface area contributed by atoms with Crippen LogP contribution in [0, 0.1) is 0 Å². The average Bonchev–Trinajstić information content (AvgIpc) is 2.15. The van der Waals surface area contributed by atoms with Crippen LogP contribution in [0.1, 0.15) is 5.69 Å². The van der Waals surface area contributed by atoms with Gasteiger partial charge < -0.3 is 10.1 Å². The van der Waals surface area contributed by atoms with Crippen molar-refractivity contribution in [3.8, 4) is 0 Å². The van der Waals surface area contributed by atoms with Gasteiger partial charge in [-0.3, -0.25) is 4.79 Å². The average molecular weight is 162 g/mol. The van der Waals surface area contributed by atoms with E-state index in [1.54, 1.807) is 18.3 Å². The van der Waals surface area contributed by atoms with Crippen LogP contribution >= 0.6 is 12.4 Å². The second-order valence-corrected chi connectivity index (χ2v) is 1.77. The molecule has 0 aromatic carbocycles. The number of aromatic nitrogens is 1. The van der Waals surface area contributed by atoms with Crippen LogP contribution in [-0.4, -0.2) is 16.1 Å². The van der Waals surface area contributed by atoms with Gasteiger partial charge in [-0.1, -0.05) is 0 Å². The third-order valence-corrected chi connectivity index (χ3v) is 1.00. The van der Waals surface area contributed by atoms with E-state index >= 15 is 0 Å². The van der Waals surface area contributed by atoms with Gasteiger partial charge in [0.2, 0.25) is 0 Å². The van der Waals surface area contributed by atoms with Crippen LogP contribution in [0.4, 0.5) is 0 Å². The number of hydrogen-bond acceptors (Lipinski definition) is 1. The number of H-pyrrole nitrogens is 1. The standard InChI is InChI=1S/C6H7NO2.ClH/c8-6(9)4-5-2-1-3-7-5;/h1-3,7H,4H2,(H,8,9);1H. The van der Waals surface area contributed by atoms with Gasteiger partial charge in [0.1, 0.15) is 0 Å². The van der Waals surface area contributed by atoms with Crippen LogP contribution in [0.3, 0.4) is 0 Å². The lowest BCUT2D eigenvalue weighted by Crippen LogP contribution is -1.99. The van der Waals surface area contributed by atoms with Crippen molar-refractivity contribution in [2.24, 2.45) is 0 Å². The molecule has 0 bridgehead atoms. The summed E-state index contributed by atoms with van der Waals surface area (Å²) in [6, 6.07) is 3.52. The van der Waals surface area contributed by atoms with Gasteiger partial charge in [-0.25, -0.2) is 0 Å². The zero-order valence-corrected chi connectivity index (χ0v) is 6.02. The largest absolute Gasteiger partial charge is 0.481 e. The van der Waals surface area contributed by atoms with Crippen LogP contribution in [0.2, 0.25) is 0 Å². The Morgan fingerprint density at radius 3 is 2.80 bits per heavy atom. The number of carboxylic acid groups (broad SMARTS) is 1. The fraction of sp³-hybridized carbons (Fsp3) is 0.167. The van der Waals surface area contributed by atoms with Gasteiger partial charge in [-0.15, -0.1) is 12.4 Å². The minimum Gasteiger partial charge on any atom is -0.481 e. The highest BCUT2D eigenvalue weighted by Crippen LogP contribution is 1.94. The van der Waals surface area contributed by atoms with Crippen molar-refractivity contribution in [3.63, 3.8) is 0 Å². The molecule has 1 rings (SSSR count). The summed E-state index contributed by atoms with van der Waals surface area (Å²) >= 11 is 0. The molecule has 1 aromatic heterocycles. The van der Waals surface area contributed by atoms with Gasteiger partial charge in [-0.2, -0.15) is 0 Å². The van der Waals surface area contributed by atoms with Crippen molar-refractivity contribution >= 4 is 18.4 Å². The molecule has 2 N–H and O–H groups in total. The van der Waals surface area contributed by atoms with E-state index in [9.17, 15) is 4.79 Å². The van der Waals surface area contributed by atoms with Gasteiger partial charge in [0.25, 0.3) is 0 Å². The van der Waals surface area contributed by atoms with Gasteiger partial charge in [0, 0.05) is 11.9 Å². The first-order chi connectivity index (χ1) is 4.29. The van der Waals surface area contributed by atoms with E-state index in [0.29, 0.717) is 0 Å². The fourth-order valence-corrected chi connectivity index (χ4v) is 0.640. The van der Waals surface area contributed by atoms with Gasteiger partial charge >= 0.3 is 5.97 Å². The molecule has 0 atom stereocenters. The van der Waals surface area contributed by atoms with Gasteiger partial charge in [0.15, 0.2) is 0 Å². The molecule has 1 heterocycles. The van der Waals surface area contributed by atoms with E-state index in [1.165, 1.54) is 0 Å². The highest BCUT2D eigenvalue weighted by molar-refractivity contribution is 5.85. The molecule has 0 unspecified atom stereocenters. The summed E-state index contributed by atoms with van der Waals surface area (Å²) in [7, 11) is 0. The Bertz CT molecular complexity index is 196. The summed E-state index contributed by atoms with van der Waals surface area (Å²) in [4.78, 5) is 12.8. The minimum atomic E-state index is -0.808. The number of carbonyl (C=O) groups is 1. The summed E-state index contributed by atoms with van der Waals surface area (Å²) in [6.45, 7) is 0. The van der Waals surface area contributed by atoms with Gasteiger partial charge in [0.05, 0.1) is 6.42 Å². The first-order valence-electron chi connectivity index (χ1n) is 2.63. The quantitative estimate of drug-likeness (QED) is 0.682. The van der Waals surface area contributed by atoms with Crippen molar-refractivity contribution in [1.82, 2.24) is 4.98 Å². The Labute approximate surface area is 64.5 Å². The number of nitrogens with one attached hydrogen (secondary N) is 1. The first-order valence-corrected chi connectivity index (χ1v) is 2.63. The van der Waals surface area contributed by atoms with Crippen molar-refractivity contribution in [1.29, 1.82) is 0 Å². The maximum absolute atomic E-state index is 10.0. The lowest BCUT2D eigenvalue weighted by Gasteiger charge is -1.86. The molecule has 3 nitrogen and oxygen atoms in total. The summed E-state index contributed by atoms with van der Waals surface area (Å²) < 4.78 is 0. The maximum Gasteiger partial charge on any atom is 0.309 e. The Morgan fingerprint density at radius 1 is 1.70 bits per heavy atom. The van der Waals surface area contributed by atoms with Crippen molar-refractivity contribution < 1.29 is 9.90 Å². The molecule has 1 aromatic rings. The van der Waals surface area contributed by atoms with Crippen LogP contribution in [0.15, 0.2) is 18.3 Å². The molecular weight excluding hydrogens is 154 g/mol. The van der Waals surface area contributed by atoms with Crippen LogP contribution < -0.4 is 0 Å². The predicted molar refractivity (Wildman–Crippen MR) is 39.4 cm³/mol. The second-order valence-electron chi connectivity index (χ2n) is 1.77. The van der Waals surface area contributed by atoms with Crippen LogP contribution in [-0.2, 0) is 11.2 Å². The topological polar surface area (TPSA) is 53.1 Å². The van der Waals surface area contributed by atoms with E-state index in [0.717, 1.165) is 5.69 Å². The Hall–Kier alpha value is -0.960. The van der Waals surface area contributed by atoms with Crippen LogP contribution in [0.25, 0.3) is 0 Å². The number of aliphatic carboxylic acids is 1. The van der Waals surface area contributed by atoms with E-state index in [4.69, 9.17) is 5.11 Å². The fourth-order valence-electron chi connectivity index (χ4n) is 0.640. The molecule has 10 heavy (non-hydrogen) atoms. The monoisotopic (exact) mass is 161 g/mol. The second kappa shape index (κ2) is 3.95. The summed E-state index contributed by atoms with van der Waals surface area (Å²) in [5.41, 5.74) is 0.738. The smallest absolute Gasteiger partial charge is 0.309 e.